The van der Waals surface area contributed by atoms with Crippen molar-refractivity contribution in [1.29, 1.82) is 0 Å². The van der Waals surface area contributed by atoms with Crippen molar-refractivity contribution < 1.29 is 14.1 Å². The molecule has 4 aromatic rings. The number of pyridine rings is 1. The second-order valence-corrected chi connectivity index (χ2v) is 7.64. The van der Waals surface area contributed by atoms with Crippen molar-refractivity contribution in [3.63, 3.8) is 0 Å². The quantitative estimate of drug-likeness (QED) is 0.225. The minimum absolute atomic E-state index is 0.156. The van der Waals surface area contributed by atoms with Gasteiger partial charge in [-0.2, -0.15) is 5.10 Å². The maximum atomic E-state index is 12.9. The first-order chi connectivity index (χ1) is 16.0. The fourth-order valence-electron chi connectivity index (χ4n) is 3.45. The molecule has 0 radical (unpaired) electrons. The number of aromatic nitrogens is 1. The Morgan fingerprint density at radius 1 is 1.18 bits per heavy atom. The third kappa shape index (κ3) is 4.79. The van der Waals surface area contributed by atoms with Gasteiger partial charge in [0.1, 0.15) is 4.92 Å². The van der Waals surface area contributed by atoms with Gasteiger partial charge in [-0.3, -0.25) is 14.9 Å². The number of hydrogen-bond acceptors (Lipinski definition) is 6. The van der Waals surface area contributed by atoms with Gasteiger partial charge in [0.05, 0.1) is 29.1 Å². The van der Waals surface area contributed by atoms with Crippen molar-refractivity contribution in [3.8, 4) is 11.3 Å². The molecule has 0 aliphatic heterocycles. The predicted molar refractivity (Wildman–Crippen MR) is 126 cm³/mol. The van der Waals surface area contributed by atoms with Gasteiger partial charge in [0.15, 0.2) is 5.76 Å². The lowest BCUT2D eigenvalue weighted by Crippen LogP contribution is -2.18. The van der Waals surface area contributed by atoms with E-state index < -0.39 is 16.7 Å². The second kappa shape index (κ2) is 9.44. The lowest BCUT2D eigenvalue weighted by molar-refractivity contribution is -0.402. The molecule has 0 unspecified atom stereocenters. The smallest absolute Gasteiger partial charge is 0.400 e. The molecule has 4 rings (SSSR count). The molecular weight excluding hydrogens is 420 g/mol. The highest BCUT2D eigenvalue weighted by Gasteiger charge is 2.15. The van der Waals surface area contributed by atoms with Crippen LogP contribution in [0, 0.1) is 10.1 Å². The van der Waals surface area contributed by atoms with Crippen LogP contribution >= 0.6 is 0 Å². The number of carbonyl (C=O) groups excluding carboxylic acids is 1. The summed E-state index contributed by atoms with van der Waals surface area (Å²) in [5, 5.41) is 15.3. The fraction of sp³-hybridized carbons (Fsp3) is 0.160. The molecule has 2 heterocycles. The maximum absolute atomic E-state index is 12.9. The highest BCUT2D eigenvalue weighted by molar-refractivity contribution is 6.07. The predicted octanol–water partition coefficient (Wildman–Crippen LogP) is 5.68. The lowest BCUT2D eigenvalue weighted by atomic mass is 9.96. The lowest BCUT2D eigenvalue weighted by Gasteiger charge is -2.11. The van der Waals surface area contributed by atoms with E-state index >= 15 is 0 Å². The Morgan fingerprint density at radius 2 is 1.94 bits per heavy atom. The van der Waals surface area contributed by atoms with Gasteiger partial charge in [0, 0.05) is 10.9 Å². The molecule has 166 valence electrons. The van der Waals surface area contributed by atoms with Crippen LogP contribution in [0.1, 0.15) is 47.9 Å². The number of hydrazone groups is 1. The monoisotopic (exact) mass is 442 g/mol. The molecule has 0 bridgehead atoms. The number of benzene rings is 2. The highest BCUT2D eigenvalue weighted by Crippen LogP contribution is 2.27. The van der Waals surface area contributed by atoms with E-state index in [1.54, 1.807) is 6.07 Å². The molecule has 0 fully saturated rings. The number of fused-ring (bicyclic) bond motifs is 1. The number of amides is 1. The summed E-state index contributed by atoms with van der Waals surface area (Å²) in [6.07, 6.45) is 2.27. The molecule has 1 atom stereocenters. The van der Waals surface area contributed by atoms with Gasteiger partial charge in [-0.15, -0.1) is 0 Å². The molecule has 8 heteroatoms. The molecule has 2 aromatic carbocycles. The zero-order valence-electron chi connectivity index (χ0n) is 18.2. The largest absolute Gasteiger partial charge is 0.433 e. The van der Waals surface area contributed by atoms with E-state index in [2.05, 4.69) is 36.5 Å². The van der Waals surface area contributed by atoms with Crippen LogP contribution in [0.2, 0.25) is 0 Å². The number of carbonyl (C=O) groups is 1. The zero-order valence-corrected chi connectivity index (χ0v) is 18.2. The van der Waals surface area contributed by atoms with Crippen molar-refractivity contribution in [3.05, 3.63) is 93.7 Å². The number of para-hydroxylation sites is 1. The molecule has 0 spiro atoms. The number of hydrogen-bond donors (Lipinski definition) is 1. The Hall–Kier alpha value is -4.33. The van der Waals surface area contributed by atoms with Crippen molar-refractivity contribution in [2.45, 2.75) is 26.2 Å². The summed E-state index contributed by atoms with van der Waals surface area (Å²) in [4.78, 5) is 27.7. The van der Waals surface area contributed by atoms with Crippen LogP contribution in [0.25, 0.3) is 22.2 Å². The summed E-state index contributed by atoms with van der Waals surface area (Å²) in [7, 11) is 0. The summed E-state index contributed by atoms with van der Waals surface area (Å²) in [6, 6.07) is 20.0. The SMILES string of the molecule is CC[C@@H](C)c1ccc(-c2cc(C(=O)N/N=C\c3ccc([N+](=O)[O-])o3)c3ccccc3n2)cc1. The molecule has 0 aliphatic rings. The molecule has 0 saturated heterocycles. The minimum Gasteiger partial charge on any atom is -0.400 e. The van der Waals surface area contributed by atoms with Crippen molar-refractivity contribution in [1.82, 2.24) is 10.4 Å². The zero-order chi connectivity index (χ0) is 23.4. The average Bonchev–Trinajstić information content (AvgIpc) is 3.32. The Kier molecular flexibility index (Phi) is 6.26. The first kappa shape index (κ1) is 21.9. The van der Waals surface area contributed by atoms with E-state index in [0.29, 0.717) is 28.1 Å². The first-order valence-electron chi connectivity index (χ1n) is 10.5. The molecule has 1 N–H and O–H groups in total. The summed E-state index contributed by atoms with van der Waals surface area (Å²) in [6.45, 7) is 4.34. The van der Waals surface area contributed by atoms with Crippen molar-refractivity contribution in [2.75, 3.05) is 0 Å². The van der Waals surface area contributed by atoms with Crippen LogP contribution in [-0.2, 0) is 0 Å². The van der Waals surface area contributed by atoms with Gasteiger partial charge in [-0.1, -0.05) is 56.3 Å². The Bertz CT molecular complexity index is 1340. The topological polar surface area (TPSA) is 111 Å². The summed E-state index contributed by atoms with van der Waals surface area (Å²) in [5.41, 5.74) is 6.42. The van der Waals surface area contributed by atoms with Crippen LogP contribution in [0.15, 0.2) is 76.2 Å². The van der Waals surface area contributed by atoms with E-state index in [1.165, 1.54) is 23.9 Å². The van der Waals surface area contributed by atoms with Gasteiger partial charge in [0.2, 0.25) is 0 Å². The summed E-state index contributed by atoms with van der Waals surface area (Å²) in [5.74, 6) is -0.197. The second-order valence-electron chi connectivity index (χ2n) is 7.64. The number of furan rings is 1. The van der Waals surface area contributed by atoms with Crippen LogP contribution in [0.5, 0.6) is 0 Å². The number of nitrogens with one attached hydrogen (secondary N) is 1. The van der Waals surface area contributed by atoms with Gasteiger partial charge in [0.25, 0.3) is 5.91 Å². The number of nitro groups is 1. The fourth-order valence-corrected chi connectivity index (χ4v) is 3.45. The number of nitrogens with zero attached hydrogens (tertiary/aromatic N) is 3. The van der Waals surface area contributed by atoms with Gasteiger partial charge < -0.3 is 4.42 Å². The van der Waals surface area contributed by atoms with E-state index in [4.69, 9.17) is 9.40 Å². The van der Waals surface area contributed by atoms with E-state index in [1.807, 2.05) is 36.4 Å². The molecule has 8 nitrogen and oxygen atoms in total. The van der Waals surface area contributed by atoms with Crippen LogP contribution in [0.3, 0.4) is 0 Å². The number of rotatable bonds is 7. The minimum atomic E-state index is -0.643. The van der Waals surface area contributed by atoms with E-state index in [0.717, 1.165) is 12.0 Å². The molecule has 1 amide bonds. The first-order valence-corrected chi connectivity index (χ1v) is 10.5. The van der Waals surface area contributed by atoms with Gasteiger partial charge >= 0.3 is 5.88 Å². The summed E-state index contributed by atoms with van der Waals surface area (Å²) < 4.78 is 5.00. The Labute approximate surface area is 190 Å². The molecular formula is C25H22N4O4. The van der Waals surface area contributed by atoms with Gasteiger partial charge in [-0.05, 0) is 36.1 Å². The van der Waals surface area contributed by atoms with Crippen LogP contribution < -0.4 is 5.43 Å². The molecule has 0 aliphatic carbocycles. The van der Waals surface area contributed by atoms with Crippen molar-refractivity contribution >= 4 is 28.9 Å². The normalized spacial score (nSPS) is 12.2. The van der Waals surface area contributed by atoms with Crippen LogP contribution in [-0.4, -0.2) is 22.0 Å². The Morgan fingerprint density at radius 3 is 2.64 bits per heavy atom. The summed E-state index contributed by atoms with van der Waals surface area (Å²) >= 11 is 0. The molecule has 33 heavy (non-hydrogen) atoms. The van der Waals surface area contributed by atoms with Crippen molar-refractivity contribution in [2.24, 2.45) is 5.10 Å². The van der Waals surface area contributed by atoms with E-state index in [9.17, 15) is 14.9 Å². The average molecular weight is 442 g/mol. The van der Waals surface area contributed by atoms with Crippen LogP contribution in [0.4, 0.5) is 5.88 Å². The third-order valence-electron chi connectivity index (χ3n) is 5.50. The highest BCUT2D eigenvalue weighted by atomic mass is 16.6. The molecule has 0 saturated carbocycles. The van der Waals surface area contributed by atoms with E-state index in [-0.39, 0.29) is 5.76 Å². The maximum Gasteiger partial charge on any atom is 0.433 e. The van der Waals surface area contributed by atoms with Gasteiger partial charge in [-0.25, -0.2) is 10.4 Å². The Balaban J connectivity index is 1.62. The standard InChI is InChI=1S/C25H22N4O4/c1-3-16(2)17-8-10-18(11-9-17)23-14-21(20-6-4-5-7-22(20)27-23)25(30)28-26-15-19-12-13-24(33-19)29(31)32/h4-16H,3H2,1-2H3,(H,28,30)/b26-15-/t16-/m1/s1. The molecule has 2 aromatic heterocycles. The third-order valence-corrected chi connectivity index (χ3v) is 5.50.